The molecule has 1 rings (SSSR count). The predicted octanol–water partition coefficient (Wildman–Crippen LogP) is 0.544. The van der Waals surface area contributed by atoms with Gasteiger partial charge in [-0.1, -0.05) is 11.8 Å². The van der Waals surface area contributed by atoms with E-state index in [0.29, 0.717) is 11.7 Å². The van der Waals surface area contributed by atoms with Crippen molar-refractivity contribution >= 4 is 23.7 Å². The van der Waals surface area contributed by atoms with Crippen molar-refractivity contribution < 1.29 is 9.59 Å². The first-order valence-electron chi connectivity index (χ1n) is 5.68. The van der Waals surface area contributed by atoms with Gasteiger partial charge in [0.1, 0.15) is 5.82 Å². The van der Waals surface area contributed by atoms with Crippen molar-refractivity contribution in [2.24, 2.45) is 0 Å². The first-order chi connectivity index (χ1) is 8.58. The molecule has 0 atom stereocenters. The molecule has 0 spiro atoms. The molecule has 0 aliphatic heterocycles. The summed E-state index contributed by atoms with van der Waals surface area (Å²) < 4.78 is 1.91. The van der Waals surface area contributed by atoms with Gasteiger partial charge >= 0.3 is 6.03 Å². The Balaban J connectivity index is 2.45. The minimum absolute atomic E-state index is 0.134. The molecule has 0 aliphatic rings. The summed E-state index contributed by atoms with van der Waals surface area (Å²) in [5.41, 5.74) is 0. The molecule has 3 amide bonds. The van der Waals surface area contributed by atoms with Crippen LogP contribution in [0.5, 0.6) is 0 Å². The highest BCUT2D eigenvalue weighted by atomic mass is 32.2. The molecule has 7 nitrogen and oxygen atoms in total. The van der Waals surface area contributed by atoms with E-state index >= 15 is 0 Å². The Kier molecular flexibility index (Phi) is 5.63. The molecule has 0 aromatic carbocycles. The van der Waals surface area contributed by atoms with Crippen molar-refractivity contribution in [1.82, 2.24) is 25.4 Å². The zero-order chi connectivity index (χ0) is 13.5. The Labute approximate surface area is 110 Å². The van der Waals surface area contributed by atoms with E-state index in [1.807, 2.05) is 18.4 Å². The first kappa shape index (κ1) is 14.5. The second-order valence-electron chi connectivity index (χ2n) is 3.47. The lowest BCUT2D eigenvalue weighted by atomic mass is 10.6. The third-order valence-electron chi connectivity index (χ3n) is 2.14. The van der Waals surface area contributed by atoms with Crippen LogP contribution in [0.2, 0.25) is 0 Å². The van der Waals surface area contributed by atoms with Crippen molar-refractivity contribution in [1.29, 1.82) is 0 Å². The Bertz CT molecular complexity index is 432. The number of hydrogen-bond acceptors (Lipinski definition) is 5. The fraction of sp³-hybridized carbons (Fsp3) is 0.600. The second kappa shape index (κ2) is 7.00. The summed E-state index contributed by atoms with van der Waals surface area (Å²) >= 11 is 1.26. The van der Waals surface area contributed by atoms with Crippen LogP contribution in [0.15, 0.2) is 5.16 Å². The minimum Gasteiger partial charge on any atom is -0.338 e. The van der Waals surface area contributed by atoms with Gasteiger partial charge in [0.25, 0.3) is 0 Å². The fourth-order valence-corrected chi connectivity index (χ4v) is 2.18. The Morgan fingerprint density at radius 2 is 2.06 bits per heavy atom. The molecule has 0 fully saturated rings. The van der Waals surface area contributed by atoms with E-state index < -0.39 is 6.03 Å². The van der Waals surface area contributed by atoms with Crippen LogP contribution >= 0.6 is 11.8 Å². The number of aryl methyl sites for hydroxylation is 1. The molecule has 2 N–H and O–H groups in total. The highest BCUT2D eigenvalue weighted by Gasteiger charge is 2.11. The van der Waals surface area contributed by atoms with Gasteiger partial charge in [0, 0.05) is 13.1 Å². The number of urea groups is 1. The molecule has 0 aliphatic carbocycles. The lowest BCUT2D eigenvalue weighted by molar-refractivity contribution is -0.117. The van der Waals surface area contributed by atoms with E-state index in [-0.39, 0.29) is 11.7 Å². The number of nitrogens with zero attached hydrogens (tertiary/aromatic N) is 3. The van der Waals surface area contributed by atoms with Gasteiger partial charge in [-0.3, -0.25) is 10.1 Å². The summed E-state index contributed by atoms with van der Waals surface area (Å²) in [5, 5.41) is 13.3. The third kappa shape index (κ3) is 4.02. The Morgan fingerprint density at radius 3 is 2.67 bits per heavy atom. The highest BCUT2D eigenvalue weighted by molar-refractivity contribution is 7.99. The maximum atomic E-state index is 11.5. The van der Waals surface area contributed by atoms with Crippen molar-refractivity contribution in [3.63, 3.8) is 0 Å². The zero-order valence-electron chi connectivity index (χ0n) is 10.7. The molecule has 1 heterocycles. The van der Waals surface area contributed by atoms with Crippen LogP contribution in [-0.2, 0) is 11.3 Å². The third-order valence-corrected chi connectivity index (χ3v) is 3.11. The average Bonchev–Trinajstić information content (AvgIpc) is 2.67. The van der Waals surface area contributed by atoms with E-state index in [9.17, 15) is 9.59 Å². The number of carbonyl (C=O) groups excluding carboxylic acids is 2. The van der Waals surface area contributed by atoms with E-state index in [0.717, 1.165) is 12.4 Å². The SMILES string of the molecule is CCNC(=O)NC(=O)CSc1nnc(C)n1CC. The quantitative estimate of drug-likeness (QED) is 0.763. The van der Waals surface area contributed by atoms with Crippen LogP contribution < -0.4 is 10.6 Å². The summed E-state index contributed by atoms with van der Waals surface area (Å²) in [6, 6.07) is -0.476. The van der Waals surface area contributed by atoms with E-state index in [2.05, 4.69) is 20.8 Å². The molecule has 0 bridgehead atoms. The number of hydrogen-bond donors (Lipinski definition) is 2. The van der Waals surface area contributed by atoms with Gasteiger partial charge in [-0.25, -0.2) is 4.79 Å². The number of nitrogens with one attached hydrogen (secondary N) is 2. The molecule has 0 saturated carbocycles. The Morgan fingerprint density at radius 1 is 1.33 bits per heavy atom. The van der Waals surface area contributed by atoms with Crippen molar-refractivity contribution in [2.75, 3.05) is 12.3 Å². The lowest BCUT2D eigenvalue weighted by Gasteiger charge is -2.05. The van der Waals surface area contributed by atoms with Crippen molar-refractivity contribution in [2.45, 2.75) is 32.5 Å². The maximum absolute atomic E-state index is 11.5. The Hall–Kier alpha value is -1.57. The topological polar surface area (TPSA) is 88.9 Å². The molecular formula is C10H17N5O2S. The molecule has 1 aromatic heterocycles. The number of aromatic nitrogens is 3. The van der Waals surface area contributed by atoms with Crippen LogP contribution in [0.1, 0.15) is 19.7 Å². The van der Waals surface area contributed by atoms with E-state index in [4.69, 9.17) is 0 Å². The van der Waals surface area contributed by atoms with Crippen LogP contribution in [0.25, 0.3) is 0 Å². The number of thioether (sulfide) groups is 1. The molecule has 8 heteroatoms. The summed E-state index contributed by atoms with van der Waals surface area (Å²) in [6.45, 7) is 6.85. The lowest BCUT2D eigenvalue weighted by Crippen LogP contribution is -2.40. The van der Waals surface area contributed by atoms with Crippen LogP contribution in [0, 0.1) is 6.92 Å². The largest absolute Gasteiger partial charge is 0.338 e. The number of amides is 3. The monoisotopic (exact) mass is 271 g/mol. The smallest absolute Gasteiger partial charge is 0.321 e. The van der Waals surface area contributed by atoms with Crippen LogP contribution in [-0.4, -0.2) is 39.0 Å². The molecule has 1 aromatic rings. The van der Waals surface area contributed by atoms with Crippen molar-refractivity contribution in [3.05, 3.63) is 5.82 Å². The van der Waals surface area contributed by atoms with Gasteiger partial charge < -0.3 is 9.88 Å². The second-order valence-corrected chi connectivity index (χ2v) is 4.41. The number of carbonyl (C=O) groups is 2. The molecule has 100 valence electrons. The van der Waals surface area contributed by atoms with Gasteiger partial charge in [0.15, 0.2) is 5.16 Å². The fourth-order valence-electron chi connectivity index (χ4n) is 1.33. The van der Waals surface area contributed by atoms with Gasteiger partial charge in [0.05, 0.1) is 5.75 Å². The predicted molar refractivity (Wildman–Crippen MR) is 68.4 cm³/mol. The van der Waals surface area contributed by atoms with Crippen LogP contribution in [0.3, 0.4) is 0 Å². The molecule has 0 radical (unpaired) electrons. The summed E-state index contributed by atoms with van der Waals surface area (Å²) in [4.78, 5) is 22.6. The average molecular weight is 271 g/mol. The molecular weight excluding hydrogens is 254 g/mol. The molecule has 0 saturated heterocycles. The minimum atomic E-state index is -0.476. The van der Waals surface area contributed by atoms with Gasteiger partial charge in [-0.05, 0) is 20.8 Å². The highest BCUT2D eigenvalue weighted by Crippen LogP contribution is 2.15. The first-order valence-corrected chi connectivity index (χ1v) is 6.67. The number of rotatable bonds is 5. The molecule has 0 unspecified atom stereocenters. The van der Waals surface area contributed by atoms with Crippen molar-refractivity contribution in [3.8, 4) is 0 Å². The normalized spacial score (nSPS) is 10.2. The summed E-state index contributed by atoms with van der Waals surface area (Å²) in [7, 11) is 0. The van der Waals surface area contributed by atoms with Crippen LogP contribution in [0.4, 0.5) is 4.79 Å². The van der Waals surface area contributed by atoms with Gasteiger partial charge in [-0.15, -0.1) is 10.2 Å². The summed E-state index contributed by atoms with van der Waals surface area (Å²) in [5.74, 6) is 0.591. The van der Waals surface area contributed by atoms with Gasteiger partial charge in [0.2, 0.25) is 5.91 Å². The summed E-state index contributed by atoms with van der Waals surface area (Å²) in [6.07, 6.45) is 0. The van der Waals surface area contributed by atoms with E-state index in [1.54, 1.807) is 6.92 Å². The molecule has 18 heavy (non-hydrogen) atoms. The van der Waals surface area contributed by atoms with E-state index in [1.165, 1.54) is 11.8 Å². The zero-order valence-corrected chi connectivity index (χ0v) is 11.5. The standard InChI is InChI=1S/C10H17N5O2S/c1-4-11-9(17)12-8(16)6-18-10-14-13-7(3)15(10)5-2/h4-6H2,1-3H3,(H2,11,12,16,17). The number of imide groups is 1. The maximum Gasteiger partial charge on any atom is 0.321 e. The van der Waals surface area contributed by atoms with Gasteiger partial charge in [-0.2, -0.15) is 0 Å².